The van der Waals surface area contributed by atoms with Crippen molar-refractivity contribution in [2.45, 2.75) is 18.3 Å². The van der Waals surface area contributed by atoms with Gasteiger partial charge in [-0.15, -0.1) is 0 Å². The molecule has 1 aromatic rings. The van der Waals surface area contributed by atoms with Crippen LogP contribution in [0.2, 0.25) is 0 Å². The smallest absolute Gasteiger partial charge is 0.234 e. The maximum atomic E-state index is 10.4. The lowest BCUT2D eigenvalue weighted by Crippen LogP contribution is -2.36. The first kappa shape index (κ1) is 12.8. The molecule has 96 valence electrons. The minimum atomic E-state index is -0.0953. The van der Waals surface area contributed by atoms with E-state index in [0.717, 1.165) is 18.6 Å². The summed E-state index contributed by atoms with van der Waals surface area (Å²) in [6.45, 7) is 1.90. The van der Waals surface area contributed by atoms with Crippen molar-refractivity contribution in [3.05, 3.63) is 29.8 Å². The number of carbonyl (C=O) groups excluding carboxylic acids is 1. The summed E-state index contributed by atoms with van der Waals surface area (Å²) < 4.78 is 10.6. The van der Waals surface area contributed by atoms with Crippen molar-refractivity contribution in [2.24, 2.45) is 4.99 Å². The molecule has 0 bridgehead atoms. The number of nitrogens with zero attached hydrogens (tertiary/aromatic N) is 1. The second-order valence-corrected chi connectivity index (χ2v) is 4.53. The van der Waals surface area contributed by atoms with E-state index >= 15 is 0 Å². The van der Waals surface area contributed by atoms with Gasteiger partial charge < -0.3 is 9.47 Å². The lowest BCUT2D eigenvalue weighted by Gasteiger charge is -2.36. The van der Waals surface area contributed by atoms with E-state index in [2.05, 4.69) is 4.99 Å². The predicted molar refractivity (Wildman–Crippen MR) is 67.7 cm³/mol. The first-order chi connectivity index (χ1) is 8.80. The van der Waals surface area contributed by atoms with Crippen LogP contribution < -0.4 is 4.74 Å². The zero-order valence-electron chi connectivity index (χ0n) is 10.5. The maximum Gasteiger partial charge on any atom is 0.234 e. The first-order valence-electron chi connectivity index (χ1n) is 6.07. The van der Waals surface area contributed by atoms with Crippen LogP contribution in [-0.4, -0.2) is 32.9 Å². The Labute approximate surface area is 107 Å². The number of hydrogen-bond acceptors (Lipinski definition) is 4. The van der Waals surface area contributed by atoms with Gasteiger partial charge in [-0.25, -0.2) is 9.79 Å². The molecule has 0 aromatic heterocycles. The van der Waals surface area contributed by atoms with E-state index < -0.39 is 0 Å². The molecule has 0 atom stereocenters. The van der Waals surface area contributed by atoms with Crippen molar-refractivity contribution in [3.63, 3.8) is 0 Å². The Balaban J connectivity index is 2.28. The Hall–Kier alpha value is -1.64. The number of hydrogen-bond donors (Lipinski definition) is 0. The summed E-state index contributed by atoms with van der Waals surface area (Å²) in [6, 6.07) is 7.98. The number of isocyanates is 1. The molecule has 1 fully saturated rings. The lowest BCUT2D eigenvalue weighted by atomic mass is 9.74. The van der Waals surface area contributed by atoms with Gasteiger partial charge in [0.1, 0.15) is 5.75 Å². The van der Waals surface area contributed by atoms with Crippen LogP contribution in [0.25, 0.3) is 0 Å². The third-order valence-electron chi connectivity index (χ3n) is 3.60. The molecule has 0 aliphatic carbocycles. The number of rotatable bonds is 4. The van der Waals surface area contributed by atoms with Gasteiger partial charge in [-0.3, -0.25) is 0 Å². The Morgan fingerprint density at radius 3 is 2.56 bits per heavy atom. The summed E-state index contributed by atoms with van der Waals surface area (Å²) in [5.41, 5.74) is 1.09. The van der Waals surface area contributed by atoms with E-state index in [1.807, 2.05) is 24.3 Å². The summed E-state index contributed by atoms with van der Waals surface area (Å²) in [5.74, 6) is 0.833. The molecule has 0 radical (unpaired) electrons. The molecule has 1 heterocycles. The van der Waals surface area contributed by atoms with Crippen molar-refractivity contribution in [1.29, 1.82) is 0 Å². The molecule has 1 saturated heterocycles. The van der Waals surface area contributed by atoms with Crippen LogP contribution in [0.5, 0.6) is 5.75 Å². The normalized spacial score (nSPS) is 17.8. The Kier molecular flexibility index (Phi) is 4.13. The average Bonchev–Trinajstić information content (AvgIpc) is 2.46. The van der Waals surface area contributed by atoms with E-state index in [1.54, 1.807) is 13.2 Å². The Bertz CT molecular complexity index is 429. The zero-order chi connectivity index (χ0) is 12.8. The lowest BCUT2D eigenvalue weighted by molar-refractivity contribution is 0.0531. The highest BCUT2D eigenvalue weighted by Crippen LogP contribution is 2.35. The van der Waals surface area contributed by atoms with Crippen molar-refractivity contribution in [3.8, 4) is 5.75 Å². The standard InChI is InChI=1S/C14H17NO3/c1-17-13-4-2-12(3-5-13)14(10-15-11-16)6-8-18-9-7-14/h2-5H,6-10H2,1H3. The van der Waals surface area contributed by atoms with Crippen molar-refractivity contribution in [2.75, 3.05) is 26.9 Å². The van der Waals surface area contributed by atoms with E-state index in [4.69, 9.17) is 9.47 Å². The number of aliphatic imine (C=N–C) groups is 1. The van der Waals surface area contributed by atoms with E-state index in [9.17, 15) is 4.79 Å². The van der Waals surface area contributed by atoms with E-state index in [1.165, 1.54) is 5.56 Å². The number of benzene rings is 1. The van der Waals surface area contributed by atoms with Gasteiger partial charge in [0, 0.05) is 18.6 Å². The molecule has 1 aliphatic heterocycles. The minimum Gasteiger partial charge on any atom is -0.497 e. The van der Waals surface area contributed by atoms with E-state index in [-0.39, 0.29) is 5.41 Å². The third kappa shape index (κ3) is 2.61. The SMILES string of the molecule is COc1ccc(C2(CN=C=O)CCOCC2)cc1. The summed E-state index contributed by atoms with van der Waals surface area (Å²) in [5, 5.41) is 0. The fourth-order valence-electron chi connectivity index (χ4n) is 2.43. The van der Waals surface area contributed by atoms with Crippen LogP contribution >= 0.6 is 0 Å². The van der Waals surface area contributed by atoms with Crippen LogP contribution in [0.1, 0.15) is 18.4 Å². The summed E-state index contributed by atoms with van der Waals surface area (Å²) in [4.78, 5) is 14.2. The molecule has 1 aromatic carbocycles. The fraction of sp³-hybridized carbons (Fsp3) is 0.500. The van der Waals surface area contributed by atoms with Gasteiger partial charge in [0.05, 0.1) is 13.7 Å². The van der Waals surface area contributed by atoms with Crippen LogP contribution in [0.4, 0.5) is 0 Å². The summed E-state index contributed by atoms with van der Waals surface area (Å²) in [6.07, 6.45) is 3.40. The third-order valence-corrected chi connectivity index (χ3v) is 3.60. The molecule has 18 heavy (non-hydrogen) atoms. The minimum absolute atomic E-state index is 0.0953. The van der Waals surface area contributed by atoms with E-state index in [0.29, 0.717) is 19.8 Å². The zero-order valence-corrected chi connectivity index (χ0v) is 10.5. The molecule has 0 unspecified atom stereocenters. The van der Waals surface area contributed by atoms with Gasteiger partial charge in [0.2, 0.25) is 6.08 Å². The van der Waals surface area contributed by atoms with Crippen LogP contribution in [0.3, 0.4) is 0 Å². The van der Waals surface area contributed by atoms with Gasteiger partial charge in [0.25, 0.3) is 0 Å². The Morgan fingerprint density at radius 1 is 1.33 bits per heavy atom. The van der Waals surface area contributed by atoms with Gasteiger partial charge in [0.15, 0.2) is 0 Å². The summed E-state index contributed by atoms with van der Waals surface area (Å²) in [7, 11) is 1.65. The molecule has 2 rings (SSSR count). The largest absolute Gasteiger partial charge is 0.497 e. The van der Waals surface area contributed by atoms with Gasteiger partial charge in [-0.1, -0.05) is 12.1 Å². The van der Waals surface area contributed by atoms with Crippen molar-refractivity contribution in [1.82, 2.24) is 0 Å². The molecule has 0 spiro atoms. The average molecular weight is 247 g/mol. The molecule has 1 aliphatic rings. The van der Waals surface area contributed by atoms with Gasteiger partial charge in [-0.2, -0.15) is 0 Å². The maximum absolute atomic E-state index is 10.4. The summed E-state index contributed by atoms with van der Waals surface area (Å²) >= 11 is 0. The molecule has 0 N–H and O–H groups in total. The molecular formula is C14H17NO3. The van der Waals surface area contributed by atoms with Crippen molar-refractivity contribution < 1.29 is 14.3 Å². The molecular weight excluding hydrogens is 230 g/mol. The molecule has 4 nitrogen and oxygen atoms in total. The second-order valence-electron chi connectivity index (χ2n) is 4.53. The highest BCUT2D eigenvalue weighted by molar-refractivity contribution is 5.36. The number of ether oxygens (including phenoxy) is 2. The van der Waals surface area contributed by atoms with Crippen LogP contribution in [-0.2, 0) is 14.9 Å². The highest BCUT2D eigenvalue weighted by atomic mass is 16.5. The fourth-order valence-corrected chi connectivity index (χ4v) is 2.43. The van der Waals surface area contributed by atoms with Gasteiger partial charge in [-0.05, 0) is 30.5 Å². The predicted octanol–water partition coefficient (Wildman–Crippen LogP) is 2.08. The monoisotopic (exact) mass is 247 g/mol. The topological polar surface area (TPSA) is 47.9 Å². The quantitative estimate of drug-likeness (QED) is 0.604. The number of methoxy groups -OCH3 is 1. The van der Waals surface area contributed by atoms with Crippen molar-refractivity contribution >= 4 is 6.08 Å². The van der Waals surface area contributed by atoms with Crippen LogP contribution in [0, 0.1) is 0 Å². The Morgan fingerprint density at radius 2 is 2.00 bits per heavy atom. The highest BCUT2D eigenvalue weighted by Gasteiger charge is 2.34. The second kappa shape index (κ2) is 5.80. The van der Waals surface area contributed by atoms with Gasteiger partial charge >= 0.3 is 0 Å². The molecule has 0 saturated carbocycles. The first-order valence-corrected chi connectivity index (χ1v) is 6.07. The molecule has 4 heteroatoms. The molecule has 0 amide bonds. The van der Waals surface area contributed by atoms with Crippen LogP contribution in [0.15, 0.2) is 29.3 Å².